The zero-order valence-electron chi connectivity index (χ0n) is 17.8. The molecule has 0 bridgehead atoms. The molecule has 2 unspecified atom stereocenters. The predicted octanol–water partition coefficient (Wildman–Crippen LogP) is 4.20. The van der Waals surface area contributed by atoms with Crippen molar-refractivity contribution in [2.24, 2.45) is 10.9 Å². The largest absolute Gasteiger partial charge is 0.356 e. The highest BCUT2D eigenvalue weighted by atomic mass is 35.5. The summed E-state index contributed by atoms with van der Waals surface area (Å²) >= 11 is 8.04. The van der Waals surface area contributed by atoms with Gasteiger partial charge in [0.1, 0.15) is 0 Å². The average Bonchev–Trinajstić information content (AvgIpc) is 3.01. The van der Waals surface area contributed by atoms with E-state index in [4.69, 9.17) is 11.6 Å². The van der Waals surface area contributed by atoms with Crippen LogP contribution in [0.2, 0.25) is 5.02 Å². The first-order valence-corrected chi connectivity index (χ1v) is 11.5. The number of hydrogen-bond donors (Lipinski definition) is 2. The quantitative estimate of drug-likeness (QED) is 0.529. The number of nitrogens with zero attached hydrogens (tertiary/aromatic N) is 3. The molecular formula is C22H32ClN5S. The highest BCUT2D eigenvalue weighted by molar-refractivity contribution is 7.11. The molecule has 0 amide bonds. The molecule has 7 heteroatoms. The first-order chi connectivity index (χ1) is 14.0. The van der Waals surface area contributed by atoms with Gasteiger partial charge in [0.25, 0.3) is 0 Å². The van der Waals surface area contributed by atoms with Gasteiger partial charge in [-0.15, -0.1) is 11.3 Å². The van der Waals surface area contributed by atoms with Crippen LogP contribution in [0.5, 0.6) is 0 Å². The minimum Gasteiger partial charge on any atom is -0.356 e. The van der Waals surface area contributed by atoms with Gasteiger partial charge in [-0.3, -0.25) is 9.89 Å². The third-order valence-electron chi connectivity index (χ3n) is 5.60. The molecule has 1 saturated heterocycles. The third kappa shape index (κ3) is 5.93. The van der Waals surface area contributed by atoms with Crippen LogP contribution in [0.3, 0.4) is 0 Å². The van der Waals surface area contributed by atoms with Crippen LogP contribution in [0.15, 0.2) is 29.3 Å². The summed E-state index contributed by atoms with van der Waals surface area (Å²) in [4.78, 5) is 12.7. The fraction of sp³-hybridized carbons (Fsp3) is 0.545. The van der Waals surface area contributed by atoms with E-state index in [0.29, 0.717) is 12.0 Å². The van der Waals surface area contributed by atoms with E-state index in [1.165, 1.54) is 23.3 Å². The standard InChI is InChI=1S/C22H32ClN5S/c1-15-20(29-16(2)27-15)10-11-25-22(24-3)26-14-18-8-6-12-28(4)21(18)17-7-5-9-19(23)13-17/h5,7,9,13,18,21H,6,8,10-12,14H2,1-4H3,(H2,24,25,26). The summed E-state index contributed by atoms with van der Waals surface area (Å²) in [6.07, 6.45) is 3.39. The Hall–Kier alpha value is -1.63. The normalized spacial score (nSPS) is 20.7. The summed E-state index contributed by atoms with van der Waals surface area (Å²) in [5, 5.41) is 8.94. The average molecular weight is 434 g/mol. The Bertz CT molecular complexity index is 834. The number of hydrogen-bond acceptors (Lipinski definition) is 4. The van der Waals surface area contributed by atoms with E-state index < -0.39 is 0 Å². The molecule has 1 aromatic carbocycles. The van der Waals surface area contributed by atoms with Gasteiger partial charge in [0, 0.05) is 42.5 Å². The molecule has 5 nitrogen and oxygen atoms in total. The summed E-state index contributed by atoms with van der Waals surface area (Å²) in [6.45, 7) is 7.01. The second-order valence-electron chi connectivity index (χ2n) is 7.75. The SMILES string of the molecule is CN=C(NCCc1sc(C)nc1C)NCC1CCCN(C)C1c1cccc(Cl)c1. The number of benzene rings is 1. The Labute approximate surface area is 183 Å². The molecule has 0 aliphatic carbocycles. The van der Waals surface area contributed by atoms with Crippen LogP contribution < -0.4 is 10.6 Å². The van der Waals surface area contributed by atoms with Gasteiger partial charge in [-0.25, -0.2) is 4.98 Å². The van der Waals surface area contributed by atoms with Gasteiger partial charge in [0.2, 0.25) is 0 Å². The fourth-order valence-corrected chi connectivity index (χ4v) is 5.37. The second kappa shape index (κ2) is 10.4. The molecular weight excluding hydrogens is 402 g/mol. The molecule has 2 aromatic rings. The van der Waals surface area contributed by atoms with E-state index in [9.17, 15) is 0 Å². The smallest absolute Gasteiger partial charge is 0.190 e. The van der Waals surface area contributed by atoms with Crippen molar-refractivity contribution in [1.82, 2.24) is 20.5 Å². The van der Waals surface area contributed by atoms with Crippen LogP contribution in [-0.2, 0) is 6.42 Å². The minimum absolute atomic E-state index is 0.371. The maximum Gasteiger partial charge on any atom is 0.190 e. The Morgan fingerprint density at radius 3 is 2.86 bits per heavy atom. The highest BCUT2D eigenvalue weighted by Gasteiger charge is 2.30. The second-order valence-corrected chi connectivity index (χ2v) is 9.48. The van der Waals surface area contributed by atoms with Gasteiger partial charge in [-0.2, -0.15) is 0 Å². The Balaban J connectivity index is 1.56. The Morgan fingerprint density at radius 1 is 1.34 bits per heavy atom. The number of likely N-dealkylation sites (tertiary alicyclic amines) is 1. The zero-order valence-corrected chi connectivity index (χ0v) is 19.4. The zero-order chi connectivity index (χ0) is 20.8. The molecule has 1 aliphatic heterocycles. The molecule has 2 N–H and O–H groups in total. The van der Waals surface area contributed by atoms with Gasteiger partial charge in [-0.1, -0.05) is 23.7 Å². The molecule has 29 heavy (non-hydrogen) atoms. The number of aryl methyl sites for hydroxylation is 2. The van der Waals surface area contributed by atoms with Gasteiger partial charge >= 0.3 is 0 Å². The van der Waals surface area contributed by atoms with Gasteiger partial charge in [0.05, 0.1) is 10.7 Å². The monoisotopic (exact) mass is 433 g/mol. The molecule has 0 saturated carbocycles. The lowest BCUT2D eigenvalue weighted by Gasteiger charge is -2.40. The lowest BCUT2D eigenvalue weighted by atomic mass is 9.85. The van der Waals surface area contributed by atoms with E-state index in [-0.39, 0.29) is 0 Å². The van der Waals surface area contributed by atoms with Gasteiger partial charge in [0.15, 0.2) is 5.96 Å². The van der Waals surface area contributed by atoms with Crippen LogP contribution >= 0.6 is 22.9 Å². The van der Waals surface area contributed by atoms with Crippen molar-refractivity contribution < 1.29 is 0 Å². The van der Waals surface area contributed by atoms with E-state index in [2.05, 4.69) is 58.5 Å². The van der Waals surface area contributed by atoms with Gasteiger partial charge in [-0.05, 0) is 63.9 Å². The van der Waals surface area contributed by atoms with Gasteiger partial charge < -0.3 is 10.6 Å². The molecule has 2 heterocycles. The molecule has 1 aromatic heterocycles. The number of piperidine rings is 1. The van der Waals surface area contributed by atoms with Crippen LogP contribution in [0.1, 0.15) is 40.0 Å². The highest BCUT2D eigenvalue weighted by Crippen LogP contribution is 2.35. The number of nitrogens with one attached hydrogen (secondary N) is 2. The molecule has 0 radical (unpaired) electrons. The third-order valence-corrected chi connectivity index (χ3v) is 6.96. The molecule has 3 rings (SSSR count). The first kappa shape index (κ1) is 22.1. The van der Waals surface area contributed by atoms with E-state index >= 15 is 0 Å². The van der Waals surface area contributed by atoms with Crippen LogP contribution in [0, 0.1) is 19.8 Å². The fourth-order valence-electron chi connectivity index (χ4n) is 4.24. The number of rotatable bonds is 6. The summed E-state index contributed by atoms with van der Waals surface area (Å²) in [7, 11) is 4.04. The van der Waals surface area contributed by atoms with Crippen molar-refractivity contribution in [2.45, 2.75) is 39.2 Å². The van der Waals surface area contributed by atoms with E-state index in [1.54, 1.807) is 11.3 Å². The lowest BCUT2D eigenvalue weighted by Crippen LogP contribution is -2.45. The number of thiazole rings is 1. The number of aliphatic imine (C=N–C) groups is 1. The summed E-state index contributed by atoms with van der Waals surface area (Å²) in [6, 6.07) is 8.66. The molecule has 1 fully saturated rings. The summed E-state index contributed by atoms with van der Waals surface area (Å²) in [5.74, 6) is 1.37. The number of aromatic nitrogens is 1. The maximum atomic E-state index is 6.26. The van der Waals surface area contributed by atoms with E-state index in [1.807, 2.05) is 19.2 Å². The summed E-state index contributed by atoms with van der Waals surface area (Å²) in [5.41, 5.74) is 2.44. The summed E-state index contributed by atoms with van der Waals surface area (Å²) < 4.78 is 0. The lowest BCUT2D eigenvalue weighted by molar-refractivity contribution is 0.122. The molecule has 158 valence electrons. The van der Waals surface area contributed by atoms with Crippen molar-refractivity contribution in [2.75, 3.05) is 33.7 Å². The van der Waals surface area contributed by atoms with Crippen LogP contribution in [0.4, 0.5) is 0 Å². The van der Waals surface area contributed by atoms with Crippen LogP contribution in [-0.4, -0.2) is 49.6 Å². The topological polar surface area (TPSA) is 52.6 Å². The predicted molar refractivity (Wildman–Crippen MR) is 124 cm³/mol. The maximum absolute atomic E-state index is 6.26. The molecule has 0 spiro atoms. The van der Waals surface area contributed by atoms with Crippen molar-refractivity contribution in [1.29, 1.82) is 0 Å². The first-order valence-electron chi connectivity index (χ1n) is 10.3. The molecule has 2 atom stereocenters. The van der Waals surface area contributed by atoms with Crippen LogP contribution in [0.25, 0.3) is 0 Å². The van der Waals surface area contributed by atoms with Crippen molar-refractivity contribution in [3.05, 3.63) is 50.4 Å². The van der Waals surface area contributed by atoms with Crippen molar-refractivity contribution in [3.63, 3.8) is 0 Å². The minimum atomic E-state index is 0.371. The molecule has 1 aliphatic rings. The Morgan fingerprint density at radius 2 is 2.17 bits per heavy atom. The van der Waals surface area contributed by atoms with E-state index in [0.717, 1.165) is 47.7 Å². The van der Waals surface area contributed by atoms with Crippen molar-refractivity contribution in [3.8, 4) is 0 Å². The number of halogens is 1. The Kier molecular flexibility index (Phi) is 7.92. The van der Waals surface area contributed by atoms with Crippen molar-refractivity contribution >= 4 is 28.9 Å². The number of guanidine groups is 1.